The number of pyridine rings is 1. The third kappa shape index (κ3) is 4.95. The maximum Gasteiger partial charge on any atom is 0.410 e. The Bertz CT molecular complexity index is 456. The number of rotatable bonds is 4. The molecular formula is C15H23BN2O3. The fraction of sp³-hybridized carbons (Fsp3) is 0.600. The lowest BCUT2D eigenvalue weighted by molar-refractivity contribution is 0.0606. The van der Waals surface area contributed by atoms with Gasteiger partial charge < -0.3 is 14.4 Å². The summed E-state index contributed by atoms with van der Waals surface area (Å²) in [6, 6.07) is 3.89. The van der Waals surface area contributed by atoms with Crippen LogP contribution in [0.5, 0.6) is 5.88 Å². The highest BCUT2D eigenvalue weighted by Gasteiger charge is 2.24. The van der Waals surface area contributed by atoms with E-state index in [0.717, 1.165) is 31.4 Å². The molecule has 1 amide bonds. The van der Waals surface area contributed by atoms with E-state index in [4.69, 9.17) is 9.47 Å². The van der Waals surface area contributed by atoms with Gasteiger partial charge in [0.1, 0.15) is 7.85 Å². The van der Waals surface area contributed by atoms with E-state index in [2.05, 4.69) is 4.98 Å². The van der Waals surface area contributed by atoms with Crippen LogP contribution in [0.4, 0.5) is 4.79 Å². The van der Waals surface area contributed by atoms with Gasteiger partial charge in [0.25, 0.3) is 0 Å². The molecule has 0 saturated carbocycles. The predicted molar refractivity (Wildman–Crippen MR) is 83.8 cm³/mol. The number of aromatic nitrogens is 1. The van der Waals surface area contributed by atoms with Crippen LogP contribution < -0.4 is 10.2 Å². The number of nitrogens with zero attached hydrogens (tertiary/aromatic N) is 2. The number of ether oxygens (including phenoxy) is 2. The van der Waals surface area contributed by atoms with Crippen molar-refractivity contribution in [2.45, 2.75) is 32.8 Å². The molecular weight excluding hydrogens is 267 g/mol. The van der Waals surface area contributed by atoms with Gasteiger partial charge in [0.2, 0.25) is 5.88 Å². The summed E-state index contributed by atoms with van der Waals surface area (Å²) >= 11 is 0. The Kier molecular flexibility index (Phi) is 5.48. The largest absolute Gasteiger partial charge is 0.477 e. The second-order valence-corrected chi connectivity index (χ2v) is 5.85. The Morgan fingerprint density at radius 3 is 2.71 bits per heavy atom. The van der Waals surface area contributed by atoms with Crippen molar-refractivity contribution < 1.29 is 14.3 Å². The lowest BCUT2D eigenvalue weighted by atomic mass is 9.98. The van der Waals surface area contributed by atoms with Crippen LogP contribution in [0.3, 0.4) is 0 Å². The van der Waals surface area contributed by atoms with E-state index in [1.165, 1.54) is 0 Å². The molecule has 0 atom stereocenters. The molecule has 1 aliphatic heterocycles. The Hall–Kier alpha value is -1.72. The van der Waals surface area contributed by atoms with Crippen molar-refractivity contribution in [3.05, 3.63) is 18.3 Å². The molecule has 0 spiro atoms. The predicted octanol–water partition coefficient (Wildman–Crippen LogP) is 0.976. The topological polar surface area (TPSA) is 51.7 Å². The molecule has 2 rings (SSSR count). The molecule has 0 aliphatic carbocycles. The Labute approximate surface area is 127 Å². The van der Waals surface area contributed by atoms with Crippen molar-refractivity contribution >= 4 is 19.4 Å². The van der Waals surface area contributed by atoms with E-state index >= 15 is 0 Å². The fourth-order valence-electron chi connectivity index (χ4n) is 2.30. The van der Waals surface area contributed by atoms with Crippen LogP contribution >= 0.6 is 0 Å². The van der Waals surface area contributed by atoms with E-state index < -0.39 is 0 Å². The number of hydrogen-bond acceptors (Lipinski definition) is 4. The van der Waals surface area contributed by atoms with E-state index in [1.807, 2.05) is 33.8 Å². The summed E-state index contributed by atoms with van der Waals surface area (Å²) in [5.41, 5.74) is 1.12. The van der Waals surface area contributed by atoms with Crippen LogP contribution in [0.15, 0.2) is 18.3 Å². The Morgan fingerprint density at radius 2 is 2.14 bits per heavy atom. The molecule has 0 N–H and O–H groups in total. The average Bonchev–Trinajstić information content (AvgIpc) is 2.46. The maximum absolute atomic E-state index is 11.8. The van der Waals surface area contributed by atoms with Crippen molar-refractivity contribution in [1.82, 2.24) is 9.88 Å². The van der Waals surface area contributed by atoms with Crippen LogP contribution in [0.25, 0.3) is 0 Å². The van der Waals surface area contributed by atoms with E-state index in [9.17, 15) is 4.79 Å². The number of piperidine rings is 1. The fourth-order valence-corrected chi connectivity index (χ4v) is 2.30. The number of carbonyl (C=O) groups excluding carboxylic acids is 1. The first-order valence-corrected chi connectivity index (χ1v) is 7.55. The molecule has 1 aromatic rings. The monoisotopic (exact) mass is 290 g/mol. The zero-order chi connectivity index (χ0) is 15.2. The smallest absolute Gasteiger partial charge is 0.410 e. The minimum Gasteiger partial charge on any atom is -0.477 e. The third-order valence-corrected chi connectivity index (χ3v) is 3.56. The molecule has 5 nitrogen and oxygen atoms in total. The minimum atomic E-state index is -0.204. The molecule has 1 fully saturated rings. The molecule has 2 heterocycles. The summed E-state index contributed by atoms with van der Waals surface area (Å²) < 4.78 is 10.9. The first kappa shape index (κ1) is 15.7. The number of carbonyl (C=O) groups is 1. The second-order valence-electron chi connectivity index (χ2n) is 5.85. The highest BCUT2D eigenvalue weighted by molar-refractivity contribution is 6.32. The lowest BCUT2D eigenvalue weighted by Crippen LogP contribution is -2.40. The maximum atomic E-state index is 11.8. The highest BCUT2D eigenvalue weighted by Crippen LogP contribution is 2.19. The number of amides is 1. The van der Waals surface area contributed by atoms with Gasteiger partial charge in [-0.2, -0.15) is 0 Å². The lowest BCUT2D eigenvalue weighted by Gasteiger charge is -2.31. The van der Waals surface area contributed by atoms with E-state index in [1.54, 1.807) is 11.1 Å². The average molecular weight is 290 g/mol. The van der Waals surface area contributed by atoms with Gasteiger partial charge in [-0.1, -0.05) is 11.5 Å². The van der Waals surface area contributed by atoms with Crippen molar-refractivity contribution in [2.75, 3.05) is 19.7 Å². The van der Waals surface area contributed by atoms with Crippen molar-refractivity contribution in [1.29, 1.82) is 0 Å². The Morgan fingerprint density at radius 1 is 1.43 bits per heavy atom. The molecule has 21 heavy (non-hydrogen) atoms. The van der Waals surface area contributed by atoms with Gasteiger partial charge in [0, 0.05) is 19.3 Å². The molecule has 0 radical (unpaired) electrons. The van der Waals surface area contributed by atoms with Gasteiger partial charge in [-0.15, -0.1) is 0 Å². The van der Waals surface area contributed by atoms with Gasteiger partial charge in [-0.05, 0) is 38.7 Å². The molecule has 6 heteroatoms. The molecule has 0 bridgehead atoms. The minimum absolute atomic E-state index is 0.0637. The molecule has 114 valence electrons. The summed E-state index contributed by atoms with van der Waals surface area (Å²) in [4.78, 5) is 17.8. The van der Waals surface area contributed by atoms with Crippen LogP contribution in [0.1, 0.15) is 26.7 Å². The SMILES string of the molecule is Bc1ccc(OCC2CCN(C(=O)OC(C)C)CC2)nc1. The van der Waals surface area contributed by atoms with Gasteiger partial charge in [0.15, 0.2) is 0 Å². The van der Waals surface area contributed by atoms with Crippen LogP contribution in [0.2, 0.25) is 0 Å². The molecule has 1 aliphatic rings. The van der Waals surface area contributed by atoms with Crippen molar-refractivity contribution in [3.8, 4) is 5.88 Å². The summed E-state index contributed by atoms with van der Waals surface area (Å²) in [5, 5.41) is 0. The zero-order valence-corrected chi connectivity index (χ0v) is 13.0. The normalized spacial score (nSPS) is 16.0. The third-order valence-electron chi connectivity index (χ3n) is 3.56. The summed E-state index contributed by atoms with van der Waals surface area (Å²) in [7, 11) is 2.00. The van der Waals surface area contributed by atoms with Gasteiger partial charge in [0.05, 0.1) is 12.7 Å². The quantitative estimate of drug-likeness (QED) is 0.776. The Balaban J connectivity index is 1.71. The van der Waals surface area contributed by atoms with Crippen LogP contribution in [0, 0.1) is 5.92 Å². The first-order valence-electron chi connectivity index (χ1n) is 7.55. The van der Waals surface area contributed by atoms with Gasteiger partial charge in [-0.25, -0.2) is 9.78 Å². The van der Waals surface area contributed by atoms with E-state index in [0.29, 0.717) is 18.4 Å². The molecule has 1 aromatic heterocycles. The first-order chi connectivity index (χ1) is 10.0. The van der Waals surface area contributed by atoms with Crippen LogP contribution in [-0.4, -0.2) is 49.6 Å². The van der Waals surface area contributed by atoms with Gasteiger partial charge in [-0.3, -0.25) is 0 Å². The number of likely N-dealkylation sites (tertiary alicyclic amines) is 1. The van der Waals surface area contributed by atoms with Crippen molar-refractivity contribution in [2.24, 2.45) is 5.92 Å². The zero-order valence-electron chi connectivity index (χ0n) is 13.0. The molecule has 0 unspecified atom stereocenters. The highest BCUT2D eigenvalue weighted by atomic mass is 16.6. The molecule has 0 aromatic carbocycles. The summed E-state index contributed by atoms with van der Waals surface area (Å²) in [5.74, 6) is 1.14. The number of hydrogen-bond donors (Lipinski definition) is 0. The summed E-state index contributed by atoms with van der Waals surface area (Å²) in [6.07, 6.45) is 3.42. The van der Waals surface area contributed by atoms with E-state index in [-0.39, 0.29) is 12.2 Å². The molecule has 1 saturated heterocycles. The second kappa shape index (κ2) is 7.34. The standard InChI is InChI=1S/C15H23BN2O3/c1-11(2)21-15(19)18-7-5-12(6-8-18)10-20-14-4-3-13(16)9-17-14/h3-4,9,11-12H,5-8,10,16H2,1-2H3. The van der Waals surface area contributed by atoms with Gasteiger partial charge >= 0.3 is 6.09 Å². The van der Waals surface area contributed by atoms with Crippen molar-refractivity contribution in [3.63, 3.8) is 0 Å². The summed E-state index contributed by atoms with van der Waals surface area (Å²) in [6.45, 7) is 5.87. The van der Waals surface area contributed by atoms with Crippen LogP contribution in [-0.2, 0) is 4.74 Å².